The summed E-state index contributed by atoms with van der Waals surface area (Å²) < 4.78 is 1.86. The molecule has 0 bridgehead atoms. The van der Waals surface area contributed by atoms with Crippen LogP contribution in [0.5, 0.6) is 0 Å². The molecule has 0 saturated carbocycles. The minimum Gasteiger partial charge on any atom is -0.307 e. The highest BCUT2D eigenvalue weighted by atomic mass is 15.4. The maximum Gasteiger partial charge on any atom is 0.177 e. The van der Waals surface area contributed by atoms with Crippen LogP contribution in [0.15, 0.2) is 12.1 Å². The standard InChI is InChI=1S/C11H15N5/c1-8-5-6-10-13-14-11(16(10)15-8)9-4-2-3-7-12-9/h5-6,9,12H,2-4,7H2,1H3. The second-order valence-corrected chi connectivity index (χ2v) is 4.31. The summed E-state index contributed by atoms with van der Waals surface area (Å²) in [4.78, 5) is 0. The van der Waals surface area contributed by atoms with Crippen molar-refractivity contribution in [2.24, 2.45) is 0 Å². The van der Waals surface area contributed by atoms with E-state index in [9.17, 15) is 0 Å². The maximum atomic E-state index is 4.46. The van der Waals surface area contributed by atoms with Crippen molar-refractivity contribution < 1.29 is 0 Å². The quantitative estimate of drug-likeness (QED) is 0.781. The number of nitrogens with zero attached hydrogens (tertiary/aromatic N) is 4. The normalized spacial score (nSPS) is 21.4. The molecule has 2 aromatic heterocycles. The van der Waals surface area contributed by atoms with Crippen LogP contribution in [-0.4, -0.2) is 26.4 Å². The molecule has 1 unspecified atom stereocenters. The van der Waals surface area contributed by atoms with Crippen LogP contribution >= 0.6 is 0 Å². The van der Waals surface area contributed by atoms with Crippen LogP contribution in [0.2, 0.25) is 0 Å². The molecule has 16 heavy (non-hydrogen) atoms. The lowest BCUT2D eigenvalue weighted by Crippen LogP contribution is -2.28. The number of aromatic nitrogens is 4. The molecule has 1 aliphatic rings. The Bertz CT molecular complexity index is 498. The fourth-order valence-corrected chi connectivity index (χ4v) is 2.19. The van der Waals surface area contributed by atoms with Crippen molar-refractivity contribution in [3.05, 3.63) is 23.7 Å². The first-order valence-electron chi connectivity index (χ1n) is 5.77. The summed E-state index contributed by atoms with van der Waals surface area (Å²) in [6, 6.07) is 4.22. The zero-order valence-corrected chi connectivity index (χ0v) is 9.35. The van der Waals surface area contributed by atoms with Crippen LogP contribution in [0.1, 0.15) is 36.8 Å². The molecule has 1 fully saturated rings. The first-order valence-corrected chi connectivity index (χ1v) is 5.77. The van der Waals surface area contributed by atoms with Gasteiger partial charge in [0.25, 0.3) is 0 Å². The summed E-state index contributed by atoms with van der Waals surface area (Å²) in [5.74, 6) is 0.943. The van der Waals surface area contributed by atoms with Crippen LogP contribution in [0.3, 0.4) is 0 Å². The van der Waals surface area contributed by atoms with Gasteiger partial charge in [-0.3, -0.25) is 0 Å². The molecule has 5 heteroatoms. The molecule has 84 valence electrons. The van der Waals surface area contributed by atoms with Gasteiger partial charge in [-0.15, -0.1) is 10.2 Å². The number of rotatable bonds is 1. The molecule has 1 aliphatic heterocycles. The second-order valence-electron chi connectivity index (χ2n) is 4.31. The predicted molar refractivity (Wildman–Crippen MR) is 60.1 cm³/mol. The molecular formula is C11H15N5. The third-order valence-electron chi connectivity index (χ3n) is 3.04. The van der Waals surface area contributed by atoms with E-state index in [0.29, 0.717) is 6.04 Å². The molecule has 3 heterocycles. The fourth-order valence-electron chi connectivity index (χ4n) is 2.19. The Morgan fingerprint density at radius 1 is 1.31 bits per heavy atom. The second kappa shape index (κ2) is 3.83. The van der Waals surface area contributed by atoms with Crippen LogP contribution in [0.25, 0.3) is 5.65 Å². The summed E-state index contributed by atoms with van der Waals surface area (Å²) in [5.41, 5.74) is 1.82. The summed E-state index contributed by atoms with van der Waals surface area (Å²) in [6.45, 7) is 3.04. The lowest BCUT2D eigenvalue weighted by atomic mass is 10.0. The third kappa shape index (κ3) is 1.57. The first kappa shape index (κ1) is 9.72. The van der Waals surface area contributed by atoms with Gasteiger partial charge in [0, 0.05) is 0 Å². The number of piperidine rings is 1. The van der Waals surface area contributed by atoms with E-state index in [-0.39, 0.29) is 0 Å². The molecule has 1 saturated heterocycles. The predicted octanol–water partition coefficient (Wildman–Crippen LogP) is 1.25. The van der Waals surface area contributed by atoms with Gasteiger partial charge in [0.05, 0.1) is 11.7 Å². The van der Waals surface area contributed by atoms with E-state index >= 15 is 0 Å². The van der Waals surface area contributed by atoms with Gasteiger partial charge in [-0.1, -0.05) is 6.42 Å². The smallest absolute Gasteiger partial charge is 0.177 e. The highest BCUT2D eigenvalue weighted by Crippen LogP contribution is 2.21. The topological polar surface area (TPSA) is 55.1 Å². The third-order valence-corrected chi connectivity index (χ3v) is 3.04. The van der Waals surface area contributed by atoms with Gasteiger partial charge in [0.1, 0.15) is 0 Å². The lowest BCUT2D eigenvalue weighted by Gasteiger charge is -2.21. The zero-order chi connectivity index (χ0) is 11.0. The van der Waals surface area contributed by atoms with Crippen LogP contribution in [0.4, 0.5) is 0 Å². The van der Waals surface area contributed by atoms with E-state index in [2.05, 4.69) is 20.6 Å². The van der Waals surface area contributed by atoms with Gasteiger partial charge in [0.15, 0.2) is 11.5 Å². The number of aryl methyl sites for hydroxylation is 1. The number of nitrogens with one attached hydrogen (secondary N) is 1. The van der Waals surface area contributed by atoms with Crippen molar-refractivity contribution >= 4 is 5.65 Å². The van der Waals surface area contributed by atoms with Gasteiger partial charge in [0.2, 0.25) is 0 Å². The Hall–Kier alpha value is -1.49. The Morgan fingerprint density at radius 3 is 3.06 bits per heavy atom. The van der Waals surface area contributed by atoms with Crippen LogP contribution < -0.4 is 5.32 Å². The van der Waals surface area contributed by atoms with Gasteiger partial charge in [-0.25, -0.2) is 0 Å². The number of hydrogen-bond acceptors (Lipinski definition) is 4. The molecule has 5 nitrogen and oxygen atoms in total. The van der Waals surface area contributed by atoms with E-state index in [1.54, 1.807) is 0 Å². The average Bonchev–Trinajstić information content (AvgIpc) is 2.73. The lowest BCUT2D eigenvalue weighted by molar-refractivity contribution is 0.391. The van der Waals surface area contributed by atoms with Gasteiger partial charge in [-0.05, 0) is 38.4 Å². The molecule has 0 aromatic carbocycles. The number of fused-ring (bicyclic) bond motifs is 1. The van der Waals surface area contributed by atoms with Crippen LogP contribution in [-0.2, 0) is 0 Å². The molecular weight excluding hydrogens is 202 g/mol. The SMILES string of the molecule is Cc1ccc2nnc(C3CCCCN3)n2n1. The van der Waals surface area contributed by atoms with Crippen molar-refractivity contribution in [1.82, 2.24) is 25.1 Å². The minimum absolute atomic E-state index is 0.304. The largest absolute Gasteiger partial charge is 0.307 e. The van der Waals surface area contributed by atoms with Crippen molar-refractivity contribution in [2.45, 2.75) is 32.2 Å². The fraction of sp³-hybridized carbons (Fsp3) is 0.545. The van der Waals surface area contributed by atoms with E-state index in [0.717, 1.165) is 30.1 Å². The average molecular weight is 217 g/mol. The molecule has 1 atom stereocenters. The van der Waals surface area contributed by atoms with Gasteiger partial charge >= 0.3 is 0 Å². The maximum absolute atomic E-state index is 4.46. The van der Waals surface area contributed by atoms with E-state index < -0.39 is 0 Å². The monoisotopic (exact) mass is 217 g/mol. The van der Waals surface area contributed by atoms with Crippen molar-refractivity contribution in [2.75, 3.05) is 6.54 Å². The minimum atomic E-state index is 0.304. The van der Waals surface area contributed by atoms with Crippen molar-refractivity contribution in [3.8, 4) is 0 Å². The van der Waals surface area contributed by atoms with E-state index in [1.165, 1.54) is 12.8 Å². The highest BCUT2D eigenvalue weighted by molar-refractivity contribution is 5.36. The zero-order valence-electron chi connectivity index (χ0n) is 9.35. The summed E-state index contributed by atoms with van der Waals surface area (Å²) in [5, 5.41) is 16.3. The Balaban J connectivity index is 2.05. The van der Waals surface area contributed by atoms with E-state index in [4.69, 9.17) is 0 Å². The van der Waals surface area contributed by atoms with Crippen LogP contribution in [0, 0.1) is 6.92 Å². The van der Waals surface area contributed by atoms with Gasteiger partial charge in [-0.2, -0.15) is 9.61 Å². The Morgan fingerprint density at radius 2 is 2.25 bits per heavy atom. The molecule has 0 radical (unpaired) electrons. The molecule has 2 aromatic rings. The number of hydrogen-bond donors (Lipinski definition) is 1. The summed E-state index contributed by atoms with van der Waals surface area (Å²) in [7, 11) is 0. The molecule has 3 rings (SSSR count). The Labute approximate surface area is 93.9 Å². The molecule has 0 spiro atoms. The molecule has 0 amide bonds. The van der Waals surface area contributed by atoms with E-state index in [1.807, 2.05) is 23.6 Å². The summed E-state index contributed by atoms with van der Waals surface area (Å²) >= 11 is 0. The first-order chi connectivity index (χ1) is 7.84. The summed E-state index contributed by atoms with van der Waals surface area (Å²) in [6.07, 6.45) is 3.62. The highest BCUT2D eigenvalue weighted by Gasteiger charge is 2.20. The Kier molecular flexibility index (Phi) is 2.32. The van der Waals surface area contributed by atoms with Crippen molar-refractivity contribution in [1.29, 1.82) is 0 Å². The molecule has 1 N–H and O–H groups in total. The molecule has 0 aliphatic carbocycles. The van der Waals surface area contributed by atoms with Gasteiger partial charge < -0.3 is 5.32 Å². The van der Waals surface area contributed by atoms with Crippen molar-refractivity contribution in [3.63, 3.8) is 0 Å².